The van der Waals surface area contributed by atoms with E-state index in [9.17, 15) is 24.0 Å². The molecule has 11 nitrogen and oxygen atoms in total. The number of nitrogens with zero attached hydrogens (tertiary/aromatic N) is 2. The number of likely N-dealkylation sites (tertiary alicyclic amines) is 2. The van der Waals surface area contributed by atoms with Crippen LogP contribution in [0.25, 0.3) is 0 Å². The van der Waals surface area contributed by atoms with Crippen molar-refractivity contribution in [3.8, 4) is 0 Å². The Balaban J connectivity index is 2.01. The molecule has 5 amide bonds. The first-order chi connectivity index (χ1) is 14.3. The summed E-state index contributed by atoms with van der Waals surface area (Å²) in [4.78, 5) is 64.2. The average molecular weight is 425 g/mol. The lowest BCUT2D eigenvalue weighted by Crippen LogP contribution is -2.58. The van der Waals surface area contributed by atoms with E-state index < -0.39 is 29.9 Å². The Morgan fingerprint density at radius 2 is 1.43 bits per heavy atom. The van der Waals surface area contributed by atoms with Crippen LogP contribution in [0.15, 0.2) is 0 Å². The van der Waals surface area contributed by atoms with E-state index >= 15 is 0 Å². The molecule has 2 fully saturated rings. The van der Waals surface area contributed by atoms with Crippen LogP contribution in [0.3, 0.4) is 0 Å². The first kappa shape index (κ1) is 23.6. The summed E-state index contributed by atoms with van der Waals surface area (Å²) in [5.41, 5.74) is 5.42. The van der Waals surface area contributed by atoms with Gasteiger partial charge in [0, 0.05) is 46.6 Å². The highest BCUT2D eigenvalue weighted by atomic mass is 16.2. The van der Waals surface area contributed by atoms with Crippen LogP contribution < -0.4 is 21.7 Å². The van der Waals surface area contributed by atoms with Gasteiger partial charge in [-0.05, 0) is 25.7 Å². The van der Waals surface area contributed by atoms with Crippen LogP contribution in [0.1, 0.15) is 39.5 Å². The van der Waals surface area contributed by atoms with Gasteiger partial charge in [0.25, 0.3) is 0 Å². The van der Waals surface area contributed by atoms with Gasteiger partial charge in [0.2, 0.25) is 29.5 Å². The maximum Gasteiger partial charge on any atom is 0.244 e. The Kier molecular flexibility index (Phi) is 8.58. The monoisotopic (exact) mass is 424 g/mol. The molecule has 2 heterocycles. The molecule has 2 saturated heterocycles. The molecule has 3 atom stereocenters. The molecule has 0 aliphatic carbocycles. The number of carbonyl (C=O) groups is 5. The first-order valence-corrected chi connectivity index (χ1v) is 10.4. The molecule has 5 N–H and O–H groups in total. The lowest BCUT2D eigenvalue weighted by Gasteiger charge is -2.27. The fourth-order valence-corrected chi connectivity index (χ4v) is 3.95. The molecular weight excluding hydrogens is 392 g/mol. The average Bonchev–Trinajstić information content (AvgIpc) is 3.38. The Morgan fingerprint density at radius 3 is 1.93 bits per heavy atom. The molecule has 0 aromatic carbocycles. The van der Waals surface area contributed by atoms with Crippen LogP contribution in [0.5, 0.6) is 0 Å². The van der Waals surface area contributed by atoms with Crippen molar-refractivity contribution in [2.75, 3.05) is 32.7 Å². The minimum absolute atomic E-state index is 0.129. The number of hydrogen-bond acceptors (Lipinski definition) is 6. The van der Waals surface area contributed by atoms with Crippen LogP contribution >= 0.6 is 0 Å². The van der Waals surface area contributed by atoms with Crippen molar-refractivity contribution < 1.29 is 24.0 Å². The van der Waals surface area contributed by atoms with Gasteiger partial charge >= 0.3 is 0 Å². The van der Waals surface area contributed by atoms with Crippen LogP contribution in [0, 0.1) is 0 Å². The van der Waals surface area contributed by atoms with Gasteiger partial charge in [0.1, 0.15) is 18.1 Å². The van der Waals surface area contributed by atoms with Crippen molar-refractivity contribution in [3.63, 3.8) is 0 Å². The standard InChI is InChI=1S/C19H32N6O5/c1-12(26)24-9-3-5-15(24)18(29)22-11-14(17(28)21-8-7-20)23-19(30)16-6-4-10-25(16)13(2)27/h14-16H,3-11,20H2,1-2H3,(H,21,28)(H,22,29)(H,23,30). The SMILES string of the molecule is CC(=O)N1CCCC1C(=O)NCC(NC(=O)C1CCCN1C(C)=O)C(=O)NCCN. The van der Waals surface area contributed by atoms with Gasteiger partial charge in [-0.2, -0.15) is 0 Å². The highest BCUT2D eigenvalue weighted by molar-refractivity contribution is 5.93. The van der Waals surface area contributed by atoms with Crippen molar-refractivity contribution in [2.45, 2.75) is 57.7 Å². The van der Waals surface area contributed by atoms with Crippen LogP contribution in [0.4, 0.5) is 0 Å². The molecule has 168 valence electrons. The highest BCUT2D eigenvalue weighted by Crippen LogP contribution is 2.18. The van der Waals surface area contributed by atoms with Crippen LogP contribution in [-0.4, -0.2) is 90.2 Å². The van der Waals surface area contributed by atoms with Gasteiger partial charge in [-0.15, -0.1) is 0 Å². The number of nitrogens with two attached hydrogens (primary N) is 1. The van der Waals surface area contributed by atoms with Crippen molar-refractivity contribution in [1.29, 1.82) is 0 Å². The maximum absolute atomic E-state index is 12.7. The predicted molar refractivity (Wildman–Crippen MR) is 108 cm³/mol. The van der Waals surface area contributed by atoms with Gasteiger partial charge in [-0.3, -0.25) is 24.0 Å². The maximum atomic E-state index is 12.7. The zero-order valence-electron chi connectivity index (χ0n) is 17.6. The summed E-state index contributed by atoms with van der Waals surface area (Å²) in [5, 5.41) is 7.94. The van der Waals surface area contributed by atoms with E-state index in [2.05, 4.69) is 16.0 Å². The zero-order chi connectivity index (χ0) is 22.3. The van der Waals surface area contributed by atoms with Crippen molar-refractivity contribution in [3.05, 3.63) is 0 Å². The molecule has 3 unspecified atom stereocenters. The van der Waals surface area contributed by atoms with Crippen LogP contribution in [0.2, 0.25) is 0 Å². The second-order valence-corrected chi connectivity index (χ2v) is 7.63. The number of nitrogens with one attached hydrogen (secondary N) is 3. The summed E-state index contributed by atoms with van der Waals surface area (Å²) >= 11 is 0. The number of rotatable bonds is 8. The number of carbonyl (C=O) groups excluding carboxylic acids is 5. The molecule has 2 aliphatic rings. The molecule has 30 heavy (non-hydrogen) atoms. The molecule has 0 aromatic heterocycles. The molecule has 0 aromatic rings. The number of hydrogen-bond donors (Lipinski definition) is 4. The van der Waals surface area contributed by atoms with Gasteiger partial charge in [-0.1, -0.05) is 0 Å². The third-order valence-corrected chi connectivity index (χ3v) is 5.48. The molecule has 11 heteroatoms. The third-order valence-electron chi connectivity index (χ3n) is 5.48. The zero-order valence-corrected chi connectivity index (χ0v) is 17.6. The largest absolute Gasteiger partial charge is 0.353 e. The second kappa shape index (κ2) is 10.9. The molecule has 0 spiro atoms. The van der Waals surface area contributed by atoms with E-state index in [1.165, 1.54) is 23.6 Å². The molecular formula is C19H32N6O5. The van der Waals surface area contributed by atoms with Crippen molar-refractivity contribution >= 4 is 29.5 Å². The second-order valence-electron chi connectivity index (χ2n) is 7.63. The Morgan fingerprint density at radius 1 is 0.900 bits per heavy atom. The first-order valence-electron chi connectivity index (χ1n) is 10.4. The van der Waals surface area contributed by atoms with Crippen molar-refractivity contribution in [1.82, 2.24) is 25.8 Å². The van der Waals surface area contributed by atoms with Gasteiger partial charge < -0.3 is 31.5 Å². The summed E-state index contributed by atoms with van der Waals surface area (Å²) < 4.78 is 0. The highest BCUT2D eigenvalue weighted by Gasteiger charge is 2.36. The van der Waals surface area contributed by atoms with Crippen LogP contribution in [-0.2, 0) is 24.0 Å². The lowest BCUT2D eigenvalue weighted by molar-refractivity contribution is -0.138. The van der Waals surface area contributed by atoms with E-state index in [0.717, 1.165) is 6.42 Å². The number of amides is 5. The smallest absolute Gasteiger partial charge is 0.244 e. The summed E-state index contributed by atoms with van der Waals surface area (Å²) in [6.07, 6.45) is 2.51. The van der Waals surface area contributed by atoms with Gasteiger partial charge in [0.15, 0.2) is 0 Å². The molecule has 0 bridgehead atoms. The Labute approximate surface area is 176 Å². The van der Waals surface area contributed by atoms with E-state index in [0.29, 0.717) is 32.4 Å². The summed E-state index contributed by atoms with van der Waals surface area (Å²) in [6.45, 7) is 4.16. The van der Waals surface area contributed by atoms with E-state index in [1.54, 1.807) is 0 Å². The molecule has 2 aliphatic heterocycles. The summed E-state index contributed by atoms with van der Waals surface area (Å²) in [7, 11) is 0. The minimum Gasteiger partial charge on any atom is -0.353 e. The minimum atomic E-state index is -1.02. The van der Waals surface area contributed by atoms with E-state index in [4.69, 9.17) is 5.73 Å². The summed E-state index contributed by atoms with van der Waals surface area (Å²) in [6, 6.07) is -2.23. The third kappa shape index (κ3) is 5.91. The Hall–Kier alpha value is -2.69. The Bertz CT molecular complexity index is 684. The van der Waals surface area contributed by atoms with E-state index in [1.807, 2.05) is 0 Å². The molecule has 0 saturated carbocycles. The van der Waals surface area contributed by atoms with Gasteiger partial charge in [0.05, 0.1) is 0 Å². The topological polar surface area (TPSA) is 154 Å². The lowest BCUT2D eigenvalue weighted by atomic mass is 10.1. The van der Waals surface area contributed by atoms with Gasteiger partial charge in [-0.25, -0.2) is 0 Å². The normalized spacial score (nSPS) is 21.8. The molecule has 0 radical (unpaired) electrons. The predicted octanol–water partition coefficient (Wildman–Crippen LogP) is -2.32. The molecule has 2 rings (SSSR count). The van der Waals surface area contributed by atoms with Crippen molar-refractivity contribution in [2.24, 2.45) is 5.73 Å². The quantitative estimate of drug-likeness (QED) is 0.343. The fraction of sp³-hybridized carbons (Fsp3) is 0.737. The van der Waals surface area contributed by atoms with E-state index in [-0.39, 0.29) is 37.4 Å². The summed E-state index contributed by atoms with van der Waals surface area (Å²) in [5.74, 6) is -1.65. The fourth-order valence-electron chi connectivity index (χ4n) is 3.95.